The van der Waals surface area contributed by atoms with Crippen LogP contribution in [0, 0.1) is 11.3 Å². The van der Waals surface area contributed by atoms with Crippen LogP contribution in [0.2, 0.25) is 0 Å². The molecule has 3 nitrogen and oxygen atoms in total. The number of hydrogen-bond donors (Lipinski definition) is 2. The Labute approximate surface area is 113 Å². The van der Waals surface area contributed by atoms with Crippen molar-refractivity contribution < 1.29 is 14.9 Å². The number of fused-ring (bicyclic) bond motifs is 2. The molecule has 19 heavy (non-hydrogen) atoms. The highest BCUT2D eigenvalue weighted by Crippen LogP contribution is 2.50. The van der Waals surface area contributed by atoms with E-state index in [-0.39, 0.29) is 23.9 Å². The van der Waals surface area contributed by atoms with E-state index in [0.29, 0.717) is 12.5 Å². The Morgan fingerprint density at radius 1 is 1.32 bits per heavy atom. The largest absolute Gasteiger partial charge is 0.508 e. The Bertz CT molecular complexity index is 491. The Kier molecular flexibility index (Phi) is 3.11. The van der Waals surface area contributed by atoms with Crippen molar-refractivity contribution in [2.75, 3.05) is 13.2 Å². The molecule has 3 rings (SSSR count). The molecule has 102 valence electrons. The zero-order valence-electron chi connectivity index (χ0n) is 11.2. The maximum atomic E-state index is 9.63. The molecule has 3 heteroatoms. The normalized spacial score (nSPS) is 33.9. The van der Waals surface area contributed by atoms with Gasteiger partial charge >= 0.3 is 0 Å². The summed E-state index contributed by atoms with van der Waals surface area (Å²) in [6.45, 7) is 2.94. The second-order valence-corrected chi connectivity index (χ2v) is 5.94. The average molecular weight is 260 g/mol. The molecule has 2 N–H and O–H groups in total. The van der Waals surface area contributed by atoms with E-state index >= 15 is 0 Å². The van der Waals surface area contributed by atoms with Gasteiger partial charge < -0.3 is 14.9 Å². The molecule has 1 aromatic carbocycles. The third kappa shape index (κ3) is 2.17. The Hall–Kier alpha value is -1.32. The van der Waals surface area contributed by atoms with Gasteiger partial charge in [-0.3, -0.25) is 0 Å². The van der Waals surface area contributed by atoms with Crippen LogP contribution in [0.5, 0.6) is 5.75 Å². The maximum Gasteiger partial charge on any atom is 0.115 e. The van der Waals surface area contributed by atoms with E-state index < -0.39 is 0 Å². The quantitative estimate of drug-likeness (QED) is 0.804. The second-order valence-electron chi connectivity index (χ2n) is 5.94. The SMILES string of the molecule is CC1=CC[C@]2(CO)CO[C@@H](c3ccc(O)cc3)[C@@H]1C2. The first-order valence-corrected chi connectivity index (χ1v) is 6.82. The van der Waals surface area contributed by atoms with Gasteiger partial charge in [-0.05, 0) is 37.5 Å². The van der Waals surface area contributed by atoms with Gasteiger partial charge in [-0.2, -0.15) is 0 Å². The predicted octanol–water partition coefficient (Wildman–Crippen LogP) is 2.80. The summed E-state index contributed by atoms with van der Waals surface area (Å²) in [5, 5.41) is 19.0. The fourth-order valence-electron chi connectivity index (χ4n) is 3.25. The van der Waals surface area contributed by atoms with Crippen LogP contribution in [0.25, 0.3) is 0 Å². The zero-order valence-corrected chi connectivity index (χ0v) is 11.2. The van der Waals surface area contributed by atoms with E-state index in [1.54, 1.807) is 12.1 Å². The highest BCUT2D eigenvalue weighted by Gasteiger charge is 2.44. The number of phenols is 1. The standard InChI is InChI=1S/C16H20O3/c1-11-6-7-16(9-17)8-14(11)15(19-10-16)12-2-4-13(18)5-3-12/h2-6,14-15,17-18H,7-10H2,1H3/t14-,15+,16+/m1/s1. The molecule has 1 aliphatic heterocycles. The topological polar surface area (TPSA) is 49.7 Å². The first-order chi connectivity index (χ1) is 9.13. The fourth-order valence-corrected chi connectivity index (χ4v) is 3.25. The summed E-state index contributed by atoms with van der Waals surface area (Å²) >= 11 is 0. The molecule has 1 aliphatic carbocycles. The van der Waals surface area contributed by atoms with E-state index in [9.17, 15) is 10.2 Å². The van der Waals surface area contributed by atoms with Gasteiger partial charge in [0.25, 0.3) is 0 Å². The molecule has 3 atom stereocenters. The van der Waals surface area contributed by atoms with Gasteiger partial charge in [-0.15, -0.1) is 0 Å². The number of ether oxygens (including phenoxy) is 1. The van der Waals surface area contributed by atoms with Gasteiger partial charge in [-0.25, -0.2) is 0 Å². The lowest BCUT2D eigenvalue weighted by atomic mass is 9.67. The van der Waals surface area contributed by atoms with Crippen LogP contribution >= 0.6 is 0 Å². The van der Waals surface area contributed by atoms with Crippen LogP contribution < -0.4 is 0 Å². The highest BCUT2D eigenvalue weighted by atomic mass is 16.5. The van der Waals surface area contributed by atoms with Gasteiger partial charge in [0.1, 0.15) is 5.75 Å². The maximum absolute atomic E-state index is 9.63. The van der Waals surface area contributed by atoms with E-state index in [4.69, 9.17) is 4.74 Å². The molecule has 1 aromatic rings. The molecule has 1 heterocycles. The molecule has 2 bridgehead atoms. The minimum atomic E-state index is -0.0857. The molecular weight excluding hydrogens is 240 g/mol. The van der Waals surface area contributed by atoms with E-state index in [2.05, 4.69) is 13.0 Å². The summed E-state index contributed by atoms with van der Waals surface area (Å²) in [7, 11) is 0. The number of benzene rings is 1. The third-order valence-electron chi connectivity index (χ3n) is 4.59. The summed E-state index contributed by atoms with van der Waals surface area (Å²) in [5.74, 6) is 0.611. The minimum absolute atomic E-state index is 0.0387. The fraction of sp³-hybridized carbons (Fsp3) is 0.500. The molecule has 1 fully saturated rings. The zero-order chi connectivity index (χ0) is 13.5. The molecule has 1 saturated heterocycles. The van der Waals surface area contributed by atoms with Crippen LogP contribution in [0.15, 0.2) is 35.9 Å². The molecule has 0 aromatic heterocycles. The minimum Gasteiger partial charge on any atom is -0.508 e. The van der Waals surface area contributed by atoms with Crippen LogP contribution in [0.3, 0.4) is 0 Å². The van der Waals surface area contributed by atoms with Crippen molar-refractivity contribution >= 4 is 0 Å². The number of allylic oxidation sites excluding steroid dienone is 1. The lowest BCUT2D eigenvalue weighted by molar-refractivity contribution is -0.113. The van der Waals surface area contributed by atoms with Crippen LogP contribution in [0.4, 0.5) is 0 Å². The Balaban J connectivity index is 1.91. The lowest BCUT2D eigenvalue weighted by Crippen LogP contribution is -2.43. The first-order valence-electron chi connectivity index (χ1n) is 6.82. The summed E-state index contributed by atoms with van der Waals surface area (Å²) in [5.41, 5.74) is 2.36. The van der Waals surface area contributed by atoms with Crippen molar-refractivity contribution in [1.29, 1.82) is 0 Å². The second kappa shape index (κ2) is 4.66. The van der Waals surface area contributed by atoms with Crippen molar-refractivity contribution in [3.05, 3.63) is 41.5 Å². The smallest absolute Gasteiger partial charge is 0.115 e. The monoisotopic (exact) mass is 260 g/mol. The third-order valence-corrected chi connectivity index (χ3v) is 4.59. The van der Waals surface area contributed by atoms with Crippen molar-refractivity contribution in [3.8, 4) is 5.75 Å². The molecule has 0 saturated carbocycles. The van der Waals surface area contributed by atoms with Crippen LogP contribution in [-0.2, 0) is 4.74 Å². The van der Waals surface area contributed by atoms with E-state index in [1.165, 1.54) is 5.57 Å². The number of hydrogen-bond acceptors (Lipinski definition) is 3. The summed E-state index contributed by atoms with van der Waals surface area (Å²) in [6, 6.07) is 7.25. The molecule has 0 spiro atoms. The molecule has 0 amide bonds. The lowest BCUT2D eigenvalue weighted by Gasteiger charge is -2.47. The van der Waals surface area contributed by atoms with Crippen molar-refractivity contribution in [2.24, 2.45) is 11.3 Å². The van der Waals surface area contributed by atoms with Gasteiger partial charge in [0.15, 0.2) is 0 Å². The summed E-state index contributed by atoms with van der Waals surface area (Å²) in [6.07, 6.45) is 4.18. The van der Waals surface area contributed by atoms with Gasteiger partial charge in [-0.1, -0.05) is 23.8 Å². The van der Waals surface area contributed by atoms with Gasteiger partial charge in [0, 0.05) is 11.3 Å². The van der Waals surface area contributed by atoms with E-state index in [0.717, 1.165) is 18.4 Å². The first kappa shape index (κ1) is 12.7. The van der Waals surface area contributed by atoms with Crippen molar-refractivity contribution in [2.45, 2.75) is 25.9 Å². The number of aliphatic hydroxyl groups excluding tert-OH is 1. The summed E-state index contributed by atoms with van der Waals surface area (Å²) < 4.78 is 6.05. The average Bonchev–Trinajstić information content (AvgIpc) is 2.45. The number of aromatic hydroxyl groups is 1. The molecule has 0 unspecified atom stereocenters. The molecule has 2 aliphatic rings. The molecule has 0 radical (unpaired) electrons. The van der Waals surface area contributed by atoms with Crippen molar-refractivity contribution in [1.82, 2.24) is 0 Å². The number of rotatable bonds is 2. The van der Waals surface area contributed by atoms with Crippen molar-refractivity contribution in [3.63, 3.8) is 0 Å². The van der Waals surface area contributed by atoms with E-state index in [1.807, 2.05) is 12.1 Å². The van der Waals surface area contributed by atoms with Gasteiger partial charge in [0.05, 0.1) is 19.3 Å². The van der Waals surface area contributed by atoms with Crippen LogP contribution in [0.1, 0.15) is 31.4 Å². The Morgan fingerprint density at radius 2 is 2.05 bits per heavy atom. The molecular formula is C16H20O3. The number of aliphatic hydroxyl groups is 1. The van der Waals surface area contributed by atoms with Crippen LogP contribution in [-0.4, -0.2) is 23.4 Å². The predicted molar refractivity (Wildman–Crippen MR) is 72.8 cm³/mol. The number of phenolic OH excluding ortho intramolecular Hbond substituents is 1. The summed E-state index contributed by atoms with van der Waals surface area (Å²) in [4.78, 5) is 0. The highest BCUT2D eigenvalue weighted by molar-refractivity contribution is 5.30. The Morgan fingerprint density at radius 3 is 2.74 bits per heavy atom. The van der Waals surface area contributed by atoms with Gasteiger partial charge in [0.2, 0.25) is 0 Å².